The van der Waals surface area contributed by atoms with Crippen LogP contribution < -0.4 is 5.56 Å². The molecule has 0 fully saturated rings. The average molecular weight is 218 g/mol. The van der Waals surface area contributed by atoms with Gasteiger partial charge in [-0.05, 0) is 23.6 Å². The molecule has 0 bridgehead atoms. The molecule has 2 rings (SSSR count). The summed E-state index contributed by atoms with van der Waals surface area (Å²) in [7, 11) is 0. The number of H-pyrrole nitrogens is 1. The number of aromatic amines is 1. The highest BCUT2D eigenvalue weighted by Crippen LogP contribution is 2.17. The largest absolute Gasteiger partial charge is 0.388 e. The van der Waals surface area contributed by atoms with E-state index in [1.54, 1.807) is 0 Å². The van der Waals surface area contributed by atoms with E-state index >= 15 is 0 Å². The normalized spacial score (nSPS) is 11.2. The molecule has 4 nitrogen and oxygen atoms in total. The van der Waals surface area contributed by atoms with Gasteiger partial charge in [-0.15, -0.1) is 0 Å². The Morgan fingerprint density at radius 1 is 1.44 bits per heavy atom. The first-order chi connectivity index (χ1) is 7.61. The topological polar surface area (TPSA) is 66.0 Å². The van der Waals surface area contributed by atoms with E-state index in [-0.39, 0.29) is 12.2 Å². The van der Waals surface area contributed by atoms with E-state index in [1.807, 2.05) is 18.2 Å². The van der Waals surface area contributed by atoms with Crippen molar-refractivity contribution in [1.82, 2.24) is 9.97 Å². The van der Waals surface area contributed by atoms with Gasteiger partial charge in [0.2, 0.25) is 0 Å². The molecule has 0 unspecified atom stereocenters. The zero-order valence-electron chi connectivity index (χ0n) is 9.32. The van der Waals surface area contributed by atoms with Crippen LogP contribution in [0.5, 0.6) is 0 Å². The third-order valence-corrected chi connectivity index (χ3v) is 2.59. The molecular weight excluding hydrogens is 204 g/mol. The van der Waals surface area contributed by atoms with Crippen molar-refractivity contribution >= 4 is 10.9 Å². The Morgan fingerprint density at radius 3 is 2.81 bits per heavy atom. The predicted octanol–water partition coefficient (Wildman–Crippen LogP) is 1.54. The molecule has 0 aliphatic carbocycles. The molecule has 0 atom stereocenters. The van der Waals surface area contributed by atoms with Gasteiger partial charge in [0.1, 0.15) is 12.4 Å². The first kappa shape index (κ1) is 10.8. The molecule has 0 saturated carbocycles. The number of hydrogen-bond acceptors (Lipinski definition) is 3. The summed E-state index contributed by atoms with van der Waals surface area (Å²) in [5.41, 5.74) is 1.53. The van der Waals surface area contributed by atoms with Crippen LogP contribution in [0.4, 0.5) is 0 Å². The minimum Gasteiger partial charge on any atom is -0.388 e. The highest BCUT2D eigenvalue weighted by molar-refractivity contribution is 5.78. The zero-order valence-corrected chi connectivity index (χ0v) is 9.32. The highest BCUT2D eigenvalue weighted by Gasteiger charge is 2.06. The Bertz CT molecular complexity index is 573. The number of benzene rings is 1. The SMILES string of the molecule is CC(C)c1ccc2nc(CO)[nH]c(=O)c2c1. The molecule has 0 saturated heterocycles. The lowest BCUT2D eigenvalue weighted by atomic mass is 10.0. The first-order valence-corrected chi connectivity index (χ1v) is 5.25. The number of aliphatic hydroxyl groups excluding tert-OH is 1. The minimum atomic E-state index is -0.253. The van der Waals surface area contributed by atoms with E-state index in [2.05, 4.69) is 23.8 Å². The summed E-state index contributed by atoms with van der Waals surface area (Å²) in [6, 6.07) is 5.63. The Morgan fingerprint density at radius 2 is 2.19 bits per heavy atom. The van der Waals surface area contributed by atoms with Crippen molar-refractivity contribution < 1.29 is 5.11 Å². The van der Waals surface area contributed by atoms with Crippen molar-refractivity contribution in [2.24, 2.45) is 0 Å². The van der Waals surface area contributed by atoms with Crippen LogP contribution in [0.15, 0.2) is 23.0 Å². The maximum atomic E-state index is 11.7. The third kappa shape index (κ3) is 1.84. The van der Waals surface area contributed by atoms with Gasteiger partial charge in [0.15, 0.2) is 0 Å². The molecular formula is C12H14N2O2. The number of nitrogens with one attached hydrogen (secondary N) is 1. The quantitative estimate of drug-likeness (QED) is 0.803. The van der Waals surface area contributed by atoms with Crippen molar-refractivity contribution in [2.75, 3.05) is 0 Å². The summed E-state index contributed by atoms with van der Waals surface area (Å²) < 4.78 is 0. The maximum absolute atomic E-state index is 11.7. The number of nitrogens with zero attached hydrogens (tertiary/aromatic N) is 1. The van der Waals surface area contributed by atoms with Crippen molar-refractivity contribution in [3.63, 3.8) is 0 Å². The van der Waals surface area contributed by atoms with E-state index in [9.17, 15) is 4.79 Å². The monoisotopic (exact) mass is 218 g/mol. The van der Waals surface area contributed by atoms with Gasteiger partial charge in [-0.3, -0.25) is 4.79 Å². The molecule has 0 aliphatic heterocycles. The summed E-state index contributed by atoms with van der Waals surface area (Å²) in [5.74, 6) is 0.677. The summed E-state index contributed by atoms with van der Waals surface area (Å²) in [6.07, 6.45) is 0. The Balaban J connectivity index is 2.71. The van der Waals surface area contributed by atoms with Gasteiger partial charge in [0.25, 0.3) is 5.56 Å². The Hall–Kier alpha value is -1.68. The van der Waals surface area contributed by atoms with Crippen LogP contribution in [-0.2, 0) is 6.61 Å². The third-order valence-electron chi connectivity index (χ3n) is 2.59. The molecule has 0 radical (unpaired) electrons. The molecule has 2 N–H and O–H groups in total. The number of fused-ring (bicyclic) bond motifs is 1. The molecule has 1 aromatic heterocycles. The standard InChI is InChI=1S/C12H14N2O2/c1-7(2)8-3-4-10-9(5-8)12(16)14-11(6-15)13-10/h3-5,7,15H,6H2,1-2H3,(H,13,14,16). The molecule has 1 heterocycles. The molecule has 4 heteroatoms. The van der Waals surface area contributed by atoms with Gasteiger partial charge >= 0.3 is 0 Å². The molecule has 1 aromatic carbocycles. The van der Waals surface area contributed by atoms with E-state index in [0.717, 1.165) is 5.56 Å². The maximum Gasteiger partial charge on any atom is 0.258 e. The lowest BCUT2D eigenvalue weighted by molar-refractivity contribution is 0.271. The molecule has 84 valence electrons. The Labute approximate surface area is 93.0 Å². The molecule has 0 spiro atoms. The Kier molecular flexibility index (Phi) is 2.75. The van der Waals surface area contributed by atoms with Gasteiger partial charge in [-0.1, -0.05) is 19.9 Å². The van der Waals surface area contributed by atoms with E-state index in [0.29, 0.717) is 22.6 Å². The zero-order chi connectivity index (χ0) is 11.7. The van der Waals surface area contributed by atoms with Crippen molar-refractivity contribution in [3.8, 4) is 0 Å². The van der Waals surface area contributed by atoms with Gasteiger partial charge in [-0.25, -0.2) is 4.98 Å². The lowest BCUT2D eigenvalue weighted by Gasteiger charge is -2.06. The van der Waals surface area contributed by atoms with Gasteiger partial charge in [0.05, 0.1) is 10.9 Å². The van der Waals surface area contributed by atoms with Crippen LogP contribution >= 0.6 is 0 Å². The second kappa shape index (κ2) is 4.06. The van der Waals surface area contributed by atoms with Crippen molar-refractivity contribution in [1.29, 1.82) is 0 Å². The molecule has 16 heavy (non-hydrogen) atoms. The smallest absolute Gasteiger partial charge is 0.258 e. The first-order valence-electron chi connectivity index (χ1n) is 5.25. The number of aromatic nitrogens is 2. The fourth-order valence-corrected chi connectivity index (χ4v) is 1.64. The van der Waals surface area contributed by atoms with Gasteiger partial charge in [-0.2, -0.15) is 0 Å². The summed E-state index contributed by atoms with van der Waals surface area (Å²) in [6.45, 7) is 3.90. The van der Waals surface area contributed by atoms with Crippen LogP contribution in [0.1, 0.15) is 31.2 Å². The van der Waals surface area contributed by atoms with Crippen LogP contribution in [0.2, 0.25) is 0 Å². The molecule has 0 aliphatic rings. The van der Waals surface area contributed by atoms with E-state index in [4.69, 9.17) is 5.11 Å². The summed E-state index contributed by atoms with van der Waals surface area (Å²) in [4.78, 5) is 18.4. The van der Waals surface area contributed by atoms with Crippen LogP contribution in [0, 0.1) is 0 Å². The molecule has 0 amide bonds. The van der Waals surface area contributed by atoms with Gasteiger partial charge in [0, 0.05) is 0 Å². The van der Waals surface area contributed by atoms with E-state index in [1.165, 1.54) is 0 Å². The van der Waals surface area contributed by atoms with Crippen LogP contribution in [0.25, 0.3) is 10.9 Å². The second-order valence-corrected chi connectivity index (χ2v) is 4.10. The summed E-state index contributed by atoms with van der Waals surface area (Å²) in [5, 5.41) is 9.50. The average Bonchev–Trinajstić information content (AvgIpc) is 2.28. The molecule has 2 aromatic rings. The lowest BCUT2D eigenvalue weighted by Crippen LogP contribution is -2.12. The fourth-order valence-electron chi connectivity index (χ4n) is 1.64. The minimum absolute atomic E-state index is 0.198. The highest BCUT2D eigenvalue weighted by atomic mass is 16.3. The van der Waals surface area contributed by atoms with E-state index < -0.39 is 0 Å². The van der Waals surface area contributed by atoms with Gasteiger partial charge < -0.3 is 10.1 Å². The number of hydrogen-bond donors (Lipinski definition) is 2. The van der Waals surface area contributed by atoms with Crippen molar-refractivity contribution in [3.05, 3.63) is 39.9 Å². The van der Waals surface area contributed by atoms with Crippen LogP contribution in [-0.4, -0.2) is 15.1 Å². The number of aliphatic hydroxyl groups is 1. The predicted molar refractivity (Wildman–Crippen MR) is 62.4 cm³/mol. The van der Waals surface area contributed by atoms with Crippen LogP contribution in [0.3, 0.4) is 0 Å². The number of rotatable bonds is 2. The fraction of sp³-hybridized carbons (Fsp3) is 0.333. The van der Waals surface area contributed by atoms with Crippen molar-refractivity contribution in [2.45, 2.75) is 26.4 Å². The second-order valence-electron chi connectivity index (χ2n) is 4.10. The summed E-state index contributed by atoms with van der Waals surface area (Å²) >= 11 is 0.